The first-order valence-electron chi connectivity index (χ1n) is 9.49. The SMILES string of the molecule is COc1ccc2[nH]c(=O)c(CSc3nccc(-c4ccc(OC)c(OC)c4)n3)cc2c1. The molecule has 0 amide bonds. The highest BCUT2D eigenvalue weighted by molar-refractivity contribution is 7.98. The van der Waals surface area contributed by atoms with Gasteiger partial charge >= 0.3 is 0 Å². The molecule has 0 saturated carbocycles. The van der Waals surface area contributed by atoms with Crippen molar-refractivity contribution in [2.45, 2.75) is 10.9 Å². The van der Waals surface area contributed by atoms with Crippen LogP contribution in [0.1, 0.15) is 5.56 Å². The van der Waals surface area contributed by atoms with Crippen LogP contribution in [0.2, 0.25) is 0 Å². The molecule has 2 heterocycles. The number of thioether (sulfide) groups is 1. The largest absolute Gasteiger partial charge is 0.497 e. The summed E-state index contributed by atoms with van der Waals surface area (Å²) in [7, 11) is 4.81. The first kappa shape index (κ1) is 20.7. The first-order chi connectivity index (χ1) is 15.1. The number of aromatic amines is 1. The molecule has 0 unspecified atom stereocenters. The smallest absolute Gasteiger partial charge is 0.252 e. The lowest BCUT2D eigenvalue weighted by molar-refractivity contribution is 0.355. The van der Waals surface area contributed by atoms with E-state index in [0.29, 0.717) is 28.0 Å². The van der Waals surface area contributed by atoms with Crippen LogP contribution in [-0.4, -0.2) is 36.3 Å². The Morgan fingerprint density at radius 1 is 0.935 bits per heavy atom. The zero-order valence-corrected chi connectivity index (χ0v) is 18.2. The minimum absolute atomic E-state index is 0.124. The number of rotatable bonds is 7. The summed E-state index contributed by atoms with van der Waals surface area (Å²) in [6.45, 7) is 0. The standard InChI is InChI=1S/C23H21N3O4S/c1-28-17-5-6-18-15(11-17)10-16(22(27)25-18)13-31-23-24-9-8-19(26-23)14-4-7-20(29-2)21(12-14)30-3/h4-12H,13H2,1-3H3,(H,25,27). The summed E-state index contributed by atoms with van der Waals surface area (Å²) in [5.74, 6) is 2.47. The van der Waals surface area contributed by atoms with Gasteiger partial charge in [0, 0.05) is 34.0 Å². The normalized spacial score (nSPS) is 10.8. The fraction of sp³-hybridized carbons (Fsp3) is 0.174. The summed E-state index contributed by atoms with van der Waals surface area (Å²) in [5.41, 5.74) is 2.94. The Hall–Kier alpha value is -3.52. The van der Waals surface area contributed by atoms with E-state index in [1.165, 1.54) is 11.8 Å². The highest BCUT2D eigenvalue weighted by Gasteiger charge is 2.10. The molecule has 0 atom stereocenters. The minimum Gasteiger partial charge on any atom is -0.497 e. The van der Waals surface area contributed by atoms with Crippen LogP contribution in [0.5, 0.6) is 17.2 Å². The van der Waals surface area contributed by atoms with Crippen LogP contribution < -0.4 is 19.8 Å². The Balaban J connectivity index is 1.57. The average molecular weight is 436 g/mol. The predicted molar refractivity (Wildman–Crippen MR) is 121 cm³/mol. The van der Waals surface area contributed by atoms with Gasteiger partial charge in [-0.1, -0.05) is 11.8 Å². The number of methoxy groups -OCH3 is 3. The van der Waals surface area contributed by atoms with Gasteiger partial charge in [-0.05, 0) is 48.5 Å². The molecule has 4 rings (SSSR count). The molecular weight excluding hydrogens is 414 g/mol. The van der Waals surface area contributed by atoms with Gasteiger partial charge in [-0.2, -0.15) is 0 Å². The van der Waals surface area contributed by atoms with Gasteiger partial charge in [0.2, 0.25) is 0 Å². The minimum atomic E-state index is -0.124. The zero-order valence-electron chi connectivity index (χ0n) is 17.3. The molecule has 158 valence electrons. The number of ether oxygens (including phenoxy) is 3. The molecule has 0 aliphatic rings. The van der Waals surface area contributed by atoms with E-state index in [1.807, 2.05) is 48.5 Å². The molecule has 8 heteroatoms. The number of fused-ring (bicyclic) bond motifs is 1. The van der Waals surface area contributed by atoms with E-state index in [4.69, 9.17) is 14.2 Å². The van der Waals surface area contributed by atoms with Crippen LogP contribution in [-0.2, 0) is 5.75 Å². The van der Waals surface area contributed by atoms with Gasteiger partial charge in [0.05, 0.1) is 27.0 Å². The second kappa shape index (κ2) is 9.09. The van der Waals surface area contributed by atoms with Crippen molar-refractivity contribution in [3.63, 3.8) is 0 Å². The second-order valence-corrected chi connectivity index (χ2v) is 7.60. The van der Waals surface area contributed by atoms with Gasteiger partial charge in [0.1, 0.15) is 5.75 Å². The van der Waals surface area contributed by atoms with Crippen molar-refractivity contribution in [1.82, 2.24) is 15.0 Å². The zero-order chi connectivity index (χ0) is 21.8. The predicted octanol–water partition coefficient (Wildman–Crippen LogP) is 4.30. The van der Waals surface area contributed by atoms with Crippen molar-refractivity contribution in [3.05, 3.63) is 70.6 Å². The molecule has 0 saturated heterocycles. The summed E-state index contributed by atoms with van der Waals surface area (Å²) in [6, 6.07) is 14.9. The molecule has 7 nitrogen and oxygen atoms in total. The van der Waals surface area contributed by atoms with Crippen molar-refractivity contribution in [1.29, 1.82) is 0 Å². The van der Waals surface area contributed by atoms with E-state index < -0.39 is 0 Å². The Labute approximate surface area is 183 Å². The van der Waals surface area contributed by atoms with Crippen molar-refractivity contribution in [2.24, 2.45) is 0 Å². The summed E-state index contributed by atoms with van der Waals surface area (Å²) in [4.78, 5) is 24.3. The fourth-order valence-corrected chi connectivity index (χ4v) is 3.97. The molecular formula is C23H21N3O4S. The van der Waals surface area contributed by atoms with Crippen LogP contribution in [0.3, 0.4) is 0 Å². The maximum Gasteiger partial charge on any atom is 0.252 e. The molecule has 0 aliphatic carbocycles. The van der Waals surface area contributed by atoms with Crippen LogP contribution in [0.25, 0.3) is 22.2 Å². The number of hydrogen-bond donors (Lipinski definition) is 1. The van der Waals surface area contributed by atoms with E-state index in [9.17, 15) is 4.79 Å². The third-order valence-corrected chi connectivity index (χ3v) is 5.71. The van der Waals surface area contributed by atoms with E-state index in [-0.39, 0.29) is 5.56 Å². The first-order valence-corrected chi connectivity index (χ1v) is 10.5. The summed E-state index contributed by atoms with van der Waals surface area (Å²) >= 11 is 1.40. The maximum atomic E-state index is 12.5. The van der Waals surface area contributed by atoms with Gasteiger partial charge in [0.25, 0.3) is 5.56 Å². The molecule has 31 heavy (non-hydrogen) atoms. The quantitative estimate of drug-likeness (QED) is 0.342. The molecule has 0 fully saturated rings. The number of H-pyrrole nitrogens is 1. The topological polar surface area (TPSA) is 86.3 Å². The van der Waals surface area contributed by atoms with E-state index in [0.717, 1.165) is 27.9 Å². The van der Waals surface area contributed by atoms with Gasteiger partial charge in [0.15, 0.2) is 16.7 Å². The molecule has 0 spiro atoms. The number of aromatic nitrogens is 3. The maximum absolute atomic E-state index is 12.5. The summed E-state index contributed by atoms with van der Waals surface area (Å²) in [6.07, 6.45) is 1.71. The molecule has 1 N–H and O–H groups in total. The van der Waals surface area contributed by atoms with Crippen molar-refractivity contribution < 1.29 is 14.2 Å². The second-order valence-electron chi connectivity index (χ2n) is 6.66. The number of pyridine rings is 1. The van der Waals surface area contributed by atoms with Crippen LogP contribution in [0.4, 0.5) is 0 Å². The van der Waals surface area contributed by atoms with Crippen molar-refractivity contribution in [2.75, 3.05) is 21.3 Å². The summed E-state index contributed by atoms with van der Waals surface area (Å²) < 4.78 is 15.9. The lowest BCUT2D eigenvalue weighted by atomic mass is 10.1. The molecule has 0 bridgehead atoms. The Morgan fingerprint density at radius 3 is 2.55 bits per heavy atom. The van der Waals surface area contributed by atoms with E-state index in [1.54, 1.807) is 27.5 Å². The highest BCUT2D eigenvalue weighted by atomic mass is 32.2. The Morgan fingerprint density at radius 2 is 1.77 bits per heavy atom. The fourth-order valence-electron chi connectivity index (χ4n) is 3.17. The lowest BCUT2D eigenvalue weighted by Gasteiger charge is -2.10. The lowest BCUT2D eigenvalue weighted by Crippen LogP contribution is -2.11. The van der Waals surface area contributed by atoms with Crippen LogP contribution in [0, 0.1) is 0 Å². The van der Waals surface area contributed by atoms with E-state index >= 15 is 0 Å². The van der Waals surface area contributed by atoms with Crippen molar-refractivity contribution in [3.8, 4) is 28.5 Å². The van der Waals surface area contributed by atoms with Gasteiger partial charge in [-0.3, -0.25) is 4.79 Å². The third kappa shape index (κ3) is 4.49. The van der Waals surface area contributed by atoms with E-state index in [2.05, 4.69) is 15.0 Å². The van der Waals surface area contributed by atoms with Gasteiger partial charge in [-0.15, -0.1) is 0 Å². The van der Waals surface area contributed by atoms with Crippen molar-refractivity contribution >= 4 is 22.7 Å². The van der Waals surface area contributed by atoms with Crippen LogP contribution >= 0.6 is 11.8 Å². The molecule has 0 radical (unpaired) electrons. The Kier molecular flexibility index (Phi) is 6.08. The molecule has 2 aromatic heterocycles. The number of hydrogen-bond acceptors (Lipinski definition) is 7. The van der Waals surface area contributed by atoms with Gasteiger partial charge in [-0.25, -0.2) is 9.97 Å². The summed E-state index contributed by atoms with van der Waals surface area (Å²) in [5, 5.41) is 1.49. The number of benzene rings is 2. The highest BCUT2D eigenvalue weighted by Crippen LogP contribution is 2.32. The van der Waals surface area contributed by atoms with Gasteiger partial charge < -0.3 is 19.2 Å². The third-order valence-electron chi connectivity index (χ3n) is 4.80. The number of nitrogens with one attached hydrogen (secondary N) is 1. The Bertz CT molecular complexity index is 1290. The number of nitrogens with zero attached hydrogens (tertiary/aromatic N) is 2. The molecule has 0 aliphatic heterocycles. The molecule has 2 aromatic carbocycles. The molecule has 4 aromatic rings. The average Bonchev–Trinajstić information content (AvgIpc) is 2.82. The monoisotopic (exact) mass is 435 g/mol. The van der Waals surface area contributed by atoms with Crippen LogP contribution in [0.15, 0.2) is 64.7 Å².